The Bertz CT molecular complexity index is 3580. The lowest BCUT2D eigenvalue weighted by molar-refractivity contribution is 0.0944. The molecule has 0 atom stereocenters. The van der Waals surface area contributed by atoms with E-state index in [9.17, 15) is 92.2 Å². The third-order valence-electron chi connectivity index (χ3n) is 9.07. The van der Waals surface area contributed by atoms with Crippen molar-refractivity contribution >= 4 is 123 Å². The number of carbonyl (C=O) groups excluding carboxylic acids is 3. The predicted molar refractivity (Wildman–Crippen MR) is 227 cm³/mol. The number of urea groups is 1. The van der Waals surface area contributed by atoms with Crippen molar-refractivity contribution in [3.63, 3.8) is 0 Å². The quantitative estimate of drug-likeness (QED) is 0.0786. The topological polar surface area (TPSA) is 426 Å². The van der Waals surface area contributed by atoms with Gasteiger partial charge < -0.3 is 10.6 Å². The first-order valence-electron chi connectivity index (χ1n) is 17.2. The van der Waals surface area contributed by atoms with Gasteiger partial charge in [-0.2, -0.15) is 50.5 Å². The summed E-state index contributed by atoms with van der Waals surface area (Å²) < 4.78 is 206. The fourth-order valence-electron chi connectivity index (χ4n) is 6.41. The fourth-order valence-corrected chi connectivity index (χ4v) is 10.6. The highest BCUT2D eigenvalue weighted by atomic mass is 32.2. The number of rotatable bonds is 12. The summed E-state index contributed by atoms with van der Waals surface area (Å²) in [4.78, 5) is 33.2. The van der Waals surface area contributed by atoms with E-state index >= 15 is 0 Å². The summed E-state index contributed by atoms with van der Waals surface area (Å²) in [5, 5.41) is 6.11. The minimum absolute atomic E-state index is 0.416. The summed E-state index contributed by atoms with van der Waals surface area (Å²) in [5.74, 6) is -2.88. The number of hydrogen-bond acceptors (Lipinski definition) is 17. The van der Waals surface area contributed by atoms with E-state index < -0.39 is 163 Å². The predicted octanol–water partition coefficient (Wildman–Crippen LogP) is 3.24. The molecule has 6 rings (SSSR count). The smallest absolute Gasteiger partial charge is 0.328 e. The van der Waals surface area contributed by atoms with Gasteiger partial charge in [0.2, 0.25) is 0 Å². The Hall–Kier alpha value is -6.49. The summed E-state index contributed by atoms with van der Waals surface area (Å²) >= 11 is 0. The molecular weight excluding hydrogens is 1000 g/mol. The van der Waals surface area contributed by atoms with Gasteiger partial charge >= 0.3 is 6.03 Å². The van der Waals surface area contributed by atoms with Gasteiger partial charge in [0.25, 0.3) is 72.5 Å². The van der Waals surface area contributed by atoms with Crippen molar-refractivity contribution in [2.24, 2.45) is 0 Å². The van der Waals surface area contributed by atoms with Gasteiger partial charge in [-0.15, -0.1) is 0 Å². The van der Waals surface area contributed by atoms with Gasteiger partial charge in [-0.3, -0.25) is 47.5 Å². The second-order valence-corrected chi connectivity index (χ2v) is 21.7. The van der Waals surface area contributed by atoms with E-state index in [1.54, 1.807) is 10.6 Å². The van der Waals surface area contributed by atoms with E-state index in [1.807, 2.05) is 0 Å². The van der Waals surface area contributed by atoms with E-state index in [1.165, 1.54) is 0 Å². The fraction of sp³-hybridized carbons (Fsp3) is 0. The largest absolute Gasteiger partial charge is 0.354 e. The zero-order valence-corrected chi connectivity index (χ0v) is 36.9. The Morgan fingerprint density at radius 1 is 0.348 bits per heavy atom. The second kappa shape index (κ2) is 17.1. The Morgan fingerprint density at radius 3 is 0.955 bits per heavy atom. The van der Waals surface area contributed by atoms with Crippen molar-refractivity contribution in [3.05, 3.63) is 108 Å². The highest BCUT2D eigenvalue weighted by Crippen LogP contribution is 2.39. The van der Waals surface area contributed by atoms with Crippen molar-refractivity contribution in [3.8, 4) is 0 Å². The molecular formula is C35H26N4O21S6. The average Bonchev–Trinajstić information content (AvgIpc) is 3.18. The lowest BCUT2D eigenvalue weighted by atomic mass is 10.1. The molecule has 348 valence electrons. The van der Waals surface area contributed by atoms with Gasteiger partial charge in [-0.25, -0.2) is 4.79 Å². The maximum atomic E-state index is 13.1. The van der Waals surface area contributed by atoms with Gasteiger partial charge in [0.05, 0.1) is 11.4 Å². The van der Waals surface area contributed by atoms with Crippen LogP contribution in [0.1, 0.15) is 20.7 Å². The van der Waals surface area contributed by atoms with E-state index in [0.29, 0.717) is 12.1 Å². The molecule has 0 aliphatic rings. The van der Waals surface area contributed by atoms with Crippen molar-refractivity contribution in [1.29, 1.82) is 0 Å². The minimum atomic E-state index is -5.33. The number of hydrogen-bond donors (Lipinski definition) is 10. The molecule has 0 aromatic heterocycles. The van der Waals surface area contributed by atoms with Gasteiger partial charge in [-0.05, 0) is 72.8 Å². The normalized spacial score (nSPS) is 12.7. The van der Waals surface area contributed by atoms with Crippen LogP contribution in [0.3, 0.4) is 0 Å². The summed E-state index contributed by atoms with van der Waals surface area (Å²) in [6.07, 6.45) is 0. The number of carbonyl (C=O) groups is 3. The van der Waals surface area contributed by atoms with Crippen molar-refractivity contribution in [2.45, 2.75) is 29.4 Å². The standard InChI is InChI=1S/C35H26N4O21S6/c40-33(17-7-9-21(29(15-17)65(55,56)57)36-23-11-13-25(61(43,44)45)19-3-1-5-27(31(19)23)63(49,50)51)38-35(42)39-34(41)18-8-10-22(30(16-18)66(58,59)60)37-24-12-14-26(62(46,47)48)20-4-2-6-28(32(20)24)64(52,53)54/h1-16,36-37H,(H,43,44,45)(H,46,47,48)(H,49,50,51)(H,52,53,54)(H,55,56,57)(H,58,59,60)(H2,38,39,40,41,42). The first-order chi connectivity index (χ1) is 30.3. The minimum Gasteiger partial charge on any atom is -0.354 e. The molecule has 6 aromatic carbocycles. The monoisotopic (exact) mass is 1030 g/mol. The van der Waals surface area contributed by atoms with Crippen LogP contribution in [0.15, 0.2) is 126 Å². The van der Waals surface area contributed by atoms with Crippen molar-refractivity contribution in [2.75, 3.05) is 10.6 Å². The number of nitrogens with one attached hydrogen (secondary N) is 4. The Kier molecular flexibility index (Phi) is 12.7. The molecule has 25 nitrogen and oxygen atoms in total. The van der Waals surface area contributed by atoms with E-state index in [0.717, 1.165) is 84.9 Å². The summed E-state index contributed by atoms with van der Waals surface area (Å²) in [6, 6.07) is 11.9. The highest BCUT2D eigenvalue weighted by molar-refractivity contribution is 7.87. The number of fused-ring (bicyclic) bond motifs is 2. The first-order valence-corrected chi connectivity index (χ1v) is 25.9. The zero-order chi connectivity index (χ0) is 49.1. The first kappa shape index (κ1) is 49.0. The molecule has 0 heterocycles. The summed E-state index contributed by atoms with van der Waals surface area (Å²) in [5.41, 5.74) is -3.43. The number of benzene rings is 6. The Labute approximate surface area is 372 Å². The molecule has 31 heteroatoms. The van der Waals surface area contributed by atoms with Crippen molar-refractivity contribution < 1.29 is 92.2 Å². The van der Waals surface area contributed by atoms with Crippen LogP contribution in [-0.2, 0) is 60.7 Å². The SMILES string of the molecule is O=C(NC(=O)c1ccc(Nc2ccc(S(=O)(=O)O)c3cccc(S(=O)(=O)O)c23)c(S(=O)(=O)O)c1)NC(=O)c1ccc(Nc2ccc(S(=O)(=O)O)c3cccc(S(=O)(=O)O)c23)c(S(=O)(=O)O)c1. The third-order valence-corrected chi connectivity index (χ3v) is 14.5. The molecule has 0 unspecified atom stereocenters. The molecule has 0 saturated carbocycles. The molecule has 0 aliphatic heterocycles. The van der Waals surface area contributed by atoms with E-state index in [-0.39, 0.29) is 0 Å². The van der Waals surface area contributed by atoms with Gasteiger partial charge in [0, 0.05) is 44.0 Å². The van der Waals surface area contributed by atoms with Crippen LogP contribution in [0.2, 0.25) is 0 Å². The average molecular weight is 1030 g/mol. The number of imide groups is 2. The molecule has 0 fully saturated rings. The molecule has 66 heavy (non-hydrogen) atoms. The number of amides is 4. The van der Waals surface area contributed by atoms with Crippen LogP contribution in [-0.4, -0.2) is 95.7 Å². The third kappa shape index (κ3) is 10.3. The maximum absolute atomic E-state index is 13.1. The number of anilines is 4. The van der Waals surface area contributed by atoms with E-state index in [4.69, 9.17) is 0 Å². The summed E-state index contributed by atoms with van der Waals surface area (Å²) in [7, 11) is -30.9. The maximum Gasteiger partial charge on any atom is 0.328 e. The lowest BCUT2D eigenvalue weighted by Crippen LogP contribution is -2.42. The van der Waals surface area contributed by atoms with Gasteiger partial charge in [0.15, 0.2) is 0 Å². The van der Waals surface area contributed by atoms with Crippen molar-refractivity contribution in [1.82, 2.24) is 10.6 Å². The van der Waals surface area contributed by atoms with Crippen LogP contribution in [0, 0.1) is 0 Å². The molecule has 0 aliphatic carbocycles. The second-order valence-electron chi connectivity index (χ2n) is 13.3. The zero-order valence-electron chi connectivity index (χ0n) is 32.0. The molecule has 6 aromatic rings. The van der Waals surface area contributed by atoms with Crippen LogP contribution in [0.5, 0.6) is 0 Å². The van der Waals surface area contributed by atoms with E-state index in [2.05, 4.69) is 10.6 Å². The van der Waals surface area contributed by atoms with Gasteiger partial charge in [0.1, 0.15) is 29.4 Å². The van der Waals surface area contributed by atoms with Crippen LogP contribution >= 0.6 is 0 Å². The molecule has 10 N–H and O–H groups in total. The molecule has 0 spiro atoms. The molecule has 0 bridgehead atoms. The lowest BCUT2D eigenvalue weighted by Gasteiger charge is -2.17. The van der Waals surface area contributed by atoms with Crippen LogP contribution in [0.25, 0.3) is 21.5 Å². The van der Waals surface area contributed by atoms with Gasteiger partial charge in [-0.1, -0.05) is 24.3 Å². The molecule has 4 amide bonds. The van der Waals surface area contributed by atoms with Crippen LogP contribution < -0.4 is 21.3 Å². The van der Waals surface area contributed by atoms with Crippen LogP contribution in [0.4, 0.5) is 27.5 Å². The highest BCUT2D eigenvalue weighted by Gasteiger charge is 2.28. The molecule has 0 saturated heterocycles. The molecule has 0 radical (unpaired) electrons. The Balaban J connectivity index is 1.28. The Morgan fingerprint density at radius 2 is 0.652 bits per heavy atom. The summed E-state index contributed by atoms with van der Waals surface area (Å²) in [6.45, 7) is 0.